The first-order valence-corrected chi connectivity index (χ1v) is 7.01. The number of hydrogen-bond donors (Lipinski definition) is 1. The van der Waals surface area contributed by atoms with Gasteiger partial charge in [-0.25, -0.2) is 0 Å². The molecule has 96 valence electrons. The van der Waals surface area contributed by atoms with Crippen molar-refractivity contribution in [1.29, 1.82) is 0 Å². The van der Waals surface area contributed by atoms with Crippen molar-refractivity contribution in [3.63, 3.8) is 0 Å². The zero-order valence-corrected chi connectivity index (χ0v) is 11.1. The second-order valence-corrected chi connectivity index (χ2v) is 5.53. The standard InChI is InChI=1S/C12H16N4OS/c1-9-7-16(5-4-13-9)8-11-14-12(17-15-11)10-3-2-6-18-10/h2-3,6,9,13H,4-5,7-8H2,1H3. The third-order valence-corrected chi connectivity index (χ3v) is 3.88. The van der Waals surface area contributed by atoms with Crippen LogP contribution < -0.4 is 5.32 Å². The van der Waals surface area contributed by atoms with E-state index in [4.69, 9.17) is 4.52 Å². The fraction of sp³-hybridized carbons (Fsp3) is 0.500. The van der Waals surface area contributed by atoms with Gasteiger partial charge in [0.15, 0.2) is 5.82 Å². The Morgan fingerprint density at radius 1 is 1.61 bits per heavy atom. The summed E-state index contributed by atoms with van der Waals surface area (Å²) in [6, 6.07) is 4.51. The summed E-state index contributed by atoms with van der Waals surface area (Å²) >= 11 is 1.62. The Morgan fingerprint density at radius 3 is 3.33 bits per heavy atom. The van der Waals surface area contributed by atoms with Crippen LogP contribution in [0.4, 0.5) is 0 Å². The monoisotopic (exact) mass is 264 g/mol. The van der Waals surface area contributed by atoms with Crippen molar-refractivity contribution >= 4 is 11.3 Å². The number of aromatic nitrogens is 2. The lowest BCUT2D eigenvalue weighted by Gasteiger charge is -2.30. The molecule has 18 heavy (non-hydrogen) atoms. The van der Waals surface area contributed by atoms with Crippen molar-refractivity contribution in [2.45, 2.75) is 19.5 Å². The summed E-state index contributed by atoms with van der Waals surface area (Å²) in [5.74, 6) is 1.40. The first kappa shape index (κ1) is 11.8. The average molecular weight is 264 g/mol. The van der Waals surface area contributed by atoms with Gasteiger partial charge in [-0.2, -0.15) is 4.98 Å². The maximum absolute atomic E-state index is 5.28. The van der Waals surface area contributed by atoms with Crippen molar-refractivity contribution in [2.24, 2.45) is 0 Å². The van der Waals surface area contributed by atoms with Crippen molar-refractivity contribution in [1.82, 2.24) is 20.4 Å². The molecule has 1 atom stereocenters. The molecule has 3 rings (SSSR count). The third kappa shape index (κ3) is 2.60. The Morgan fingerprint density at radius 2 is 2.56 bits per heavy atom. The van der Waals surface area contributed by atoms with Gasteiger partial charge in [0, 0.05) is 25.7 Å². The van der Waals surface area contributed by atoms with Crippen molar-refractivity contribution in [3.8, 4) is 10.8 Å². The quantitative estimate of drug-likeness (QED) is 0.912. The van der Waals surface area contributed by atoms with Crippen LogP contribution in [-0.4, -0.2) is 40.7 Å². The molecule has 1 N–H and O–H groups in total. The molecule has 0 amide bonds. The van der Waals surface area contributed by atoms with Crippen LogP contribution in [0.15, 0.2) is 22.0 Å². The molecule has 5 nitrogen and oxygen atoms in total. The average Bonchev–Trinajstić information content (AvgIpc) is 2.98. The molecular weight excluding hydrogens is 248 g/mol. The maximum Gasteiger partial charge on any atom is 0.268 e. The molecule has 1 fully saturated rings. The van der Waals surface area contributed by atoms with Gasteiger partial charge in [-0.1, -0.05) is 11.2 Å². The highest BCUT2D eigenvalue weighted by atomic mass is 32.1. The van der Waals surface area contributed by atoms with Crippen molar-refractivity contribution < 1.29 is 4.52 Å². The summed E-state index contributed by atoms with van der Waals surface area (Å²) in [5, 5.41) is 9.48. The Hall–Kier alpha value is -1.24. The number of nitrogens with zero attached hydrogens (tertiary/aromatic N) is 3. The molecular formula is C12H16N4OS. The second-order valence-electron chi connectivity index (χ2n) is 4.58. The minimum Gasteiger partial charge on any atom is -0.333 e. The van der Waals surface area contributed by atoms with Gasteiger partial charge in [0.1, 0.15) is 0 Å². The van der Waals surface area contributed by atoms with Crippen molar-refractivity contribution in [3.05, 3.63) is 23.3 Å². The largest absolute Gasteiger partial charge is 0.333 e. The summed E-state index contributed by atoms with van der Waals surface area (Å²) in [6.45, 7) is 6.05. The van der Waals surface area contributed by atoms with Crippen LogP contribution in [-0.2, 0) is 6.54 Å². The molecule has 0 aromatic carbocycles. The molecule has 1 aliphatic rings. The zero-order chi connectivity index (χ0) is 12.4. The Kier molecular flexibility index (Phi) is 3.40. The lowest BCUT2D eigenvalue weighted by molar-refractivity contribution is 0.193. The summed E-state index contributed by atoms with van der Waals surface area (Å²) in [7, 11) is 0. The Balaban J connectivity index is 1.66. The van der Waals surface area contributed by atoms with E-state index in [2.05, 4.69) is 27.3 Å². The van der Waals surface area contributed by atoms with Crippen LogP contribution in [0.25, 0.3) is 10.8 Å². The van der Waals surface area contributed by atoms with E-state index in [-0.39, 0.29) is 0 Å². The number of thiophene rings is 1. The van der Waals surface area contributed by atoms with Crippen LogP contribution in [0.1, 0.15) is 12.7 Å². The highest BCUT2D eigenvalue weighted by Gasteiger charge is 2.18. The van der Waals surface area contributed by atoms with Gasteiger partial charge in [-0.15, -0.1) is 11.3 Å². The van der Waals surface area contributed by atoms with E-state index in [9.17, 15) is 0 Å². The zero-order valence-electron chi connectivity index (χ0n) is 10.3. The summed E-state index contributed by atoms with van der Waals surface area (Å²) in [6.07, 6.45) is 0. The van der Waals surface area contributed by atoms with E-state index in [1.54, 1.807) is 11.3 Å². The predicted octanol–water partition coefficient (Wildman–Crippen LogP) is 1.59. The maximum atomic E-state index is 5.28. The van der Waals surface area contributed by atoms with Crippen LogP contribution >= 0.6 is 11.3 Å². The molecule has 3 heterocycles. The van der Waals surface area contributed by atoms with Crippen LogP contribution in [0.2, 0.25) is 0 Å². The van der Waals surface area contributed by atoms with Gasteiger partial charge in [0.25, 0.3) is 5.89 Å². The molecule has 6 heteroatoms. The molecule has 1 saturated heterocycles. The fourth-order valence-corrected chi connectivity index (χ4v) is 2.82. The third-order valence-electron chi connectivity index (χ3n) is 3.02. The smallest absolute Gasteiger partial charge is 0.268 e. The van der Waals surface area contributed by atoms with Gasteiger partial charge in [0.05, 0.1) is 11.4 Å². The van der Waals surface area contributed by atoms with Gasteiger partial charge in [-0.3, -0.25) is 4.90 Å². The topological polar surface area (TPSA) is 54.2 Å². The summed E-state index contributed by atoms with van der Waals surface area (Å²) in [5.41, 5.74) is 0. The van der Waals surface area contributed by atoms with Gasteiger partial charge < -0.3 is 9.84 Å². The predicted molar refractivity (Wildman–Crippen MR) is 70.4 cm³/mol. The molecule has 2 aromatic heterocycles. The minimum absolute atomic E-state index is 0.530. The van der Waals surface area contributed by atoms with E-state index in [1.807, 2.05) is 17.5 Å². The lowest BCUT2D eigenvalue weighted by Crippen LogP contribution is -2.48. The fourth-order valence-electron chi connectivity index (χ4n) is 2.17. The molecule has 0 radical (unpaired) electrons. The Bertz CT molecular complexity index is 496. The molecule has 0 bridgehead atoms. The summed E-state index contributed by atoms with van der Waals surface area (Å²) in [4.78, 5) is 7.82. The number of hydrogen-bond acceptors (Lipinski definition) is 6. The number of nitrogens with one attached hydrogen (secondary N) is 1. The van der Waals surface area contributed by atoms with E-state index in [0.717, 1.165) is 36.9 Å². The highest BCUT2D eigenvalue weighted by Crippen LogP contribution is 2.22. The van der Waals surface area contributed by atoms with E-state index in [1.165, 1.54) is 0 Å². The van der Waals surface area contributed by atoms with E-state index >= 15 is 0 Å². The van der Waals surface area contributed by atoms with Gasteiger partial charge in [0.2, 0.25) is 0 Å². The van der Waals surface area contributed by atoms with Crippen LogP contribution in [0.3, 0.4) is 0 Å². The van der Waals surface area contributed by atoms with Crippen molar-refractivity contribution in [2.75, 3.05) is 19.6 Å². The molecule has 1 unspecified atom stereocenters. The molecule has 1 aliphatic heterocycles. The van der Waals surface area contributed by atoms with Crippen LogP contribution in [0, 0.1) is 0 Å². The van der Waals surface area contributed by atoms with E-state index in [0.29, 0.717) is 11.9 Å². The second kappa shape index (κ2) is 5.17. The first-order chi connectivity index (χ1) is 8.81. The summed E-state index contributed by atoms with van der Waals surface area (Å²) < 4.78 is 5.28. The lowest BCUT2D eigenvalue weighted by atomic mass is 10.2. The molecule has 2 aromatic rings. The number of rotatable bonds is 3. The van der Waals surface area contributed by atoms with Gasteiger partial charge >= 0.3 is 0 Å². The SMILES string of the molecule is CC1CN(Cc2noc(-c3cccs3)n2)CCN1. The number of piperazine rings is 1. The first-order valence-electron chi connectivity index (χ1n) is 6.13. The van der Waals surface area contributed by atoms with Gasteiger partial charge in [-0.05, 0) is 18.4 Å². The minimum atomic E-state index is 0.530. The molecule has 0 aliphatic carbocycles. The Labute approximate surface area is 110 Å². The van der Waals surface area contributed by atoms with E-state index < -0.39 is 0 Å². The molecule has 0 saturated carbocycles. The normalized spacial score (nSPS) is 21.3. The van der Waals surface area contributed by atoms with Crippen LogP contribution in [0.5, 0.6) is 0 Å². The highest BCUT2D eigenvalue weighted by molar-refractivity contribution is 7.13. The molecule has 0 spiro atoms.